The number of carbonyl (C=O) groups excluding carboxylic acids is 1. The second kappa shape index (κ2) is 6.04. The normalized spacial score (nSPS) is 17.9. The number of aromatic nitrogens is 1. The van der Waals surface area contributed by atoms with Gasteiger partial charge in [0, 0.05) is 24.3 Å². The molecule has 0 aliphatic heterocycles. The Kier molecular flexibility index (Phi) is 4.13. The van der Waals surface area contributed by atoms with E-state index in [0.717, 1.165) is 36.4 Å². The summed E-state index contributed by atoms with van der Waals surface area (Å²) in [5, 5.41) is 6.32. The Bertz CT molecular complexity index is 509. The van der Waals surface area contributed by atoms with Crippen molar-refractivity contribution in [1.82, 2.24) is 10.3 Å². The van der Waals surface area contributed by atoms with Crippen LogP contribution < -0.4 is 10.6 Å². The zero-order valence-corrected chi connectivity index (χ0v) is 13.0. The van der Waals surface area contributed by atoms with Crippen LogP contribution in [0.2, 0.25) is 0 Å². The highest BCUT2D eigenvalue weighted by Gasteiger charge is 2.41. The molecule has 2 N–H and O–H groups in total. The summed E-state index contributed by atoms with van der Waals surface area (Å²) in [7, 11) is 0. The number of pyridine rings is 1. The van der Waals surface area contributed by atoms with Crippen LogP contribution in [0.15, 0.2) is 12.1 Å². The van der Waals surface area contributed by atoms with Crippen LogP contribution in [0.25, 0.3) is 0 Å². The molecule has 1 aromatic rings. The summed E-state index contributed by atoms with van der Waals surface area (Å²) >= 11 is 0. The Morgan fingerprint density at radius 3 is 2.52 bits per heavy atom. The number of hydrogen-bond donors (Lipinski definition) is 2. The van der Waals surface area contributed by atoms with E-state index in [2.05, 4.69) is 15.6 Å². The highest BCUT2D eigenvalue weighted by Crippen LogP contribution is 2.48. The van der Waals surface area contributed by atoms with E-state index in [0.29, 0.717) is 11.5 Å². The Labute approximate surface area is 126 Å². The van der Waals surface area contributed by atoms with Crippen LogP contribution in [0.1, 0.15) is 48.7 Å². The molecule has 4 nitrogen and oxygen atoms in total. The first-order valence-corrected chi connectivity index (χ1v) is 8.18. The zero-order valence-electron chi connectivity index (χ0n) is 13.0. The third-order valence-corrected chi connectivity index (χ3v) is 4.53. The van der Waals surface area contributed by atoms with E-state index in [1.807, 2.05) is 26.0 Å². The fourth-order valence-electron chi connectivity index (χ4n) is 3.15. The molecule has 2 aliphatic rings. The Morgan fingerprint density at radius 2 is 1.95 bits per heavy atom. The number of aryl methyl sites for hydroxylation is 1. The fourth-order valence-corrected chi connectivity index (χ4v) is 3.15. The highest BCUT2D eigenvalue weighted by molar-refractivity contribution is 5.95. The van der Waals surface area contributed by atoms with Crippen molar-refractivity contribution in [3.05, 3.63) is 23.4 Å². The predicted molar refractivity (Wildman–Crippen MR) is 84.4 cm³/mol. The summed E-state index contributed by atoms with van der Waals surface area (Å²) in [6.07, 6.45) is 5.43. The van der Waals surface area contributed by atoms with Crippen molar-refractivity contribution in [3.8, 4) is 0 Å². The third-order valence-electron chi connectivity index (χ3n) is 4.53. The van der Waals surface area contributed by atoms with Crippen LogP contribution >= 0.6 is 0 Å². The maximum Gasteiger partial charge on any atom is 0.251 e. The van der Waals surface area contributed by atoms with Crippen molar-refractivity contribution in [2.45, 2.75) is 39.5 Å². The van der Waals surface area contributed by atoms with Crippen LogP contribution in [-0.2, 0) is 0 Å². The van der Waals surface area contributed by atoms with Crippen molar-refractivity contribution in [3.63, 3.8) is 0 Å². The Morgan fingerprint density at radius 1 is 1.29 bits per heavy atom. The number of nitrogens with zero attached hydrogens (tertiary/aromatic N) is 1. The number of rotatable bonds is 7. The molecule has 0 aromatic carbocycles. The van der Waals surface area contributed by atoms with Gasteiger partial charge in [0.2, 0.25) is 0 Å². The molecule has 0 saturated heterocycles. The molecular formula is C17H25N3O. The first kappa shape index (κ1) is 14.4. The number of nitrogens with one attached hydrogen (secondary N) is 2. The summed E-state index contributed by atoms with van der Waals surface area (Å²) in [6.45, 7) is 5.60. The SMILES string of the molecule is CCNc1cc(C(=O)NCC(C2CC2)C2CC2)cc(C)n1. The zero-order chi connectivity index (χ0) is 14.8. The first-order valence-electron chi connectivity index (χ1n) is 8.18. The summed E-state index contributed by atoms with van der Waals surface area (Å²) in [6, 6.07) is 3.70. The van der Waals surface area contributed by atoms with E-state index in [-0.39, 0.29) is 5.91 Å². The summed E-state index contributed by atoms with van der Waals surface area (Å²) < 4.78 is 0. The maximum atomic E-state index is 12.4. The van der Waals surface area contributed by atoms with Crippen LogP contribution in [0.3, 0.4) is 0 Å². The molecule has 0 spiro atoms. The lowest BCUT2D eigenvalue weighted by Crippen LogP contribution is -2.31. The van der Waals surface area contributed by atoms with Crippen molar-refractivity contribution >= 4 is 11.7 Å². The van der Waals surface area contributed by atoms with Gasteiger partial charge in [-0.2, -0.15) is 0 Å². The van der Waals surface area contributed by atoms with Crippen molar-refractivity contribution in [2.24, 2.45) is 17.8 Å². The molecule has 1 aromatic heterocycles. The summed E-state index contributed by atoms with van der Waals surface area (Å²) in [4.78, 5) is 16.8. The van der Waals surface area contributed by atoms with Gasteiger partial charge in [0.15, 0.2) is 0 Å². The molecule has 2 fully saturated rings. The Balaban J connectivity index is 1.61. The number of hydrogen-bond acceptors (Lipinski definition) is 3. The minimum absolute atomic E-state index is 0.0333. The van der Waals surface area contributed by atoms with E-state index in [1.54, 1.807) is 0 Å². The second-order valence-electron chi connectivity index (χ2n) is 6.46. The van der Waals surface area contributed by atoms with Gasteiger partial charge in [-0.05, 0) is 69.4 Å². The van der Waals surface area contributed by atoms with E-state index in [1.165, 1.54) is 25.7 Å². The molecule has 114 valence electrons. The molecule has 0 bridgehead atoms. The van der Waals surface area contributed by atoms with Gasteiger partial charge in [-0.1, -0.05) is 0 Å². The molecule has 3 rings (SSSR count). The molecule has 4 heteroatoms. The predicted octanol–water partition coefficient (Wildman–Crippen LogP) is 2.99. The largest absolute Gasteiger partial charge is 0.370 e. The molecule has 1 amide bonds. The summed E-state index contributed by atoms with van der Waals surface area (Å²) in [5.41, 5.74) is 1.59. The highest BCUT2D eigenvalue weighted by atomic mass is 16.1. The van der Waals surface area contributed by atoms with Crippen LogP contribution in [0.5, 0.6) is 0 Å². The monoisotopic (exact) mass is 287 g/mol. The average Bonchev–Trinajstić information content (AvgIpc) is 3.32. The molecule has 0 unspecified atom stereocenters. The molecule has 2 saturated carbocycles. The first-order chi connectivity index (χ1) is 10.2. The third kappa shape index (κ3) is 3.74. The summed E-state index contributed by atoms with van der Waals surface area (Å²) in [5.74, 6) is 3.27. The lowest BCUT2D eigenvalue weighted by molar-refractivity contribution is 0.0943. The van der Waals surface area contributed by atoms with Gasteiger partial charge in [-0.3, -0.25) is 4.79 Å². The number of anilines is 1. The van der Waals surface area contributed by atoms with Gasteiger partial charge in [0.1, 0.15) is 5.82 Å². The quantitative estimate of drug-likeness (QED) is 0.810. The molecular weight excluding hydrogens is 262 g/mol. The Hall–Kier alpha value is -1.58. The average molecular weight is 287 g/mol. The number of carbonyl (C=O) groups is 1. The van der Waals surface area contributed by atoms with Crippen LogP contribution in [0, 0.1) is 24.7 Å². The van der Waals surface area contributed by atoms with Gasteiger partial charge in [-0.25, -0.2) is 4.98 Å². The number of amides is 1. The van der Waals surface area contributed by atoms with E-state index >= 15 is 0 Å². The lowest BCUT2D eigenvalue weighted by Gasteiger charge is -2.16. The van der Waals surface area contributed by atoms with E-state index in [9.17, 15) is 4.79 Å². The molecule has 0 radical (unpaired) electrons. The van der Waals surface area contributed by atoms with Gasteiger partial charge in [0.05, 0.1) is 0 Å². The molecule has 21 heavy (non-hydrogen) atoms. The van der Waals surface area contributed by atoms with Crippen molar-refractivity contribution < 1.29 is 4.79 Å². The van der Waals surface area contributed by atoms with E-state index in [4.69, 9.17) is 0 Å². The topological polar surface area (TPSA) is 54.0 Å². The smallest absolute Gasteiger partial charge is 0.251 e. The molecule has 0 atom stereocenters. The van der Waals surface area contributed by atoms with Gasteiger partial charge < -0.3 is 10.6 Å². The van der Waals surface area contributed by atoms with Gasteiger partial charge >= 0.3 is 0 Å². The minimum atomic E-state index is 0.0333. The standard InChI is InChI=1S/C17H25N3O/c1-3-18-16-9-14(8-11(2)20-16)17(21)19-10-15(12-4-5-12)13-6-7-13/h8-9,12-13,15H,3-7,10H2,1-2H3,(H,18,20)(H,19,21). The maximum absolute atomic E-state index is 12.4. The molecule has 2 aliphatic carbocycles. The van der Waals surface area contributed by atoms with E-state index < -0.39 is 0 Å². The van der Waals surface area contributed by atoms with Crippen molar-refractivity contribution in [2.75, 3.05) is 18.4 Å². The van der Waals surface area contributed by atoms with Gasteiger partial charge in [0.25, 0.3) is 5.91 Å². The van der Waals surface area contributed by atoms with Crippen molar-refractivity contribution in [1.29, 1.82) is 0 Å². The lowest BCUT2D eigenvalue weighted by atomic mass is 9.98. The second-order valence-corrected chi connectivity index (χ2v) is 6.46. The van der Waals surface area contributed by atoms with Crippen LogP contribution in [0.4, 0.5) is 5.82 Å². The fraction of sp³-hybridized carbons (Fsp3) is 0.647. The van der Waals surface area contributed by atoms with Crippen LogP contribution in [-0.4, -0.2) is 24.0 Å². The minimum Gasteiger partial charge on any atom is -0.370 e. The molecule has 1 heterocycles. The van der Waals surface area contributed by atoms with Gasteiger partial charge in [-0.15, -0.1) is 0 Å².